The molecule has 1 rings (SSSR count). The third kappa shape index (κ3) is 2.90. The number of carboxylic acid groups (broad SMARTS) is 1. The lowest BCUT2D eigenvalue weighted by molar-refractivity contribution is 0.0697. The molecule has 0 radical (unpaired) electrons. The monoisotopic (exact) mass is 192 g/mol. The zero-order chi connectivity index (χ0) is 10.6. The maximum atomic E-state index is 10.6. The van der Waals surface area contributed by atoms with E-state index in [9.17, 15) is 4.79 Å². The number of hydrogen-bond acceptors (Lipinski definition) is 3. The Morgan fingerprint density at radius 2 is 2.43 bits per heavy atom. The molecule has 0 aromatic carbocycles. The highest BCUT2D eigenvalue weighted by Gasteiger charge is 2.03. The van der Waals surface area contributed by atoms with E-state index in [1.165, 1.54) is 18.3 Å². The molecule has 1 heterocycles. The molecule has 0 saturated heterocycles. The van der Waals surface area contributed by atoms with Crippen LogP contribution in [0.4, 0.5) is 5.82 Å². The second-order valence-electron chi connectivity index (χ2n) is 3.05. The Bertz CT molecular complexity index is 361. The largest absolute Gasteiger partial charge is 0.478 e. The molecule has 0 aliphatic carbocycles. The van der Waals surface area contributed by atoms with Crippen molar-refractivity contribution in [3.8, 4) is 0 Å². The van der Waals surface area contributed by atoms with E-state index in [1.807, 2.05) is 6.92 Å². The summed E-state index contributed by atoms with van der Waals surface area (Å²) in [6.45, 7) is 6.20. The number of aromatic nitrogens is 1. The van der Waals surface area contributed by atoms with Crippen molar-refractivity contribution in [1.29, 1.82) is 0 Å². The lowest BCUT2D eigenvalue weighted by atomic mass is 10.2. The summed E-state index contributed by atoms with van der Waals surface area (Å²) >= 11 is 0. The number of hydrogen-bond donors (Lipinski definition) is 2. The van der Waals surface area contributed by atoms with Gasteiger partial charge in [0.2, 0.25) is 0 Å². The topological polar surface area (TPSA) is 62.2 Å². The highest BCUT2D eigenvalue weighted by molar-refractivity contribution is 5.88. The number of carboxylic acids is 1. The van der Waals surface area contributed by atoms with Crippen LogP contribution in [0.25, 0.3) is 0 Å². The van der Waals surface area contributed by atoms with Gasteiger partial charge in [0.05, 0.1) is 5.56 Å². The van der Waals surface area contributed by atoms with Crippen LogP contribution in [0.15, 0.2) is 30.5 Å². The number of nitrogens with zero attached hydrogens (tertiary/aromatic N) is 1. The molecule has 2 N–H and O–H groups in total. The lowest BCUT2D eigenvalue weighted by Crippen LogP contribution is -2.05. The van der Waals surface area contributed by atoms with E-state index >= 15 is 0 Å². The lowest BCUT2D eigenvalue weighted by Gasteiger charge is -2.04. The number of rotatable bonds is 4. The summed E-state index contributed by atoms with van der Waals surface area (Å²) in [6.07, 6.45) is 1.46. The van der Waals surface area contributed by atoms with Crippen LogP contribution >= 0.6 is 0 Å². The van der Waals surface area contributed by atoms with E-state index < -0.39 is 5.97 Å². The Morgan fingerprint density at radius 1 is 1.71 bits per heavy atom. The molecule has 74 valence electrons. The molecule has 0 saturated carbocycles. The number of pyridine rings is 1. The van der Waals surface area contributed by atoms with Crippen LogP contribution in [0.3, 0.4) is 0 Å². The summed E-state index contributed by atoms with van der Waals surface area (Å²) in [6, 6.07) is 2.94. The second-order valence-corrected chi connectivity index (χ2v) is 3.05. The summed E-state index contributed by atoms with van der Waals surface area (Å²) in [5.74, 6) is -0.404. The van der Waals surface area contributed by atoms with Gasteiger partial charge in [0.1, 0.15) is 5.82 Å². The second kappa shape index (κ2) is 4.41. The fourth-order valence-corrected chi connectivity index (χ4v) is 0.902. The van der Waals surface area contributed by atoms with Gasteiger partial charge in [-0.25, -0.2) is 9.78 Å². The minimum absolute atomic E-state index is 0.226. The quantitative estimate of drug-likeness (QED) is 0.713. The minimum atomic E-state index is -0.953. The molecule has 0 atom stereocenters. The molecular formula is C10H12N2O2. The smallest absolute Gasteiger partial charge is 0.335 e. The van der Waals surface area contributed by atoms with Crippen LogP contribution in [-0.2, 0) is 0 Å². The van der Waals surface area contributed by atoms with Gasteiger partial charge in [-0.2, -0.15) is 0 Å². The molecule has 4 nitrogen and oxygen atoms in total. The molecule has 0 spiro atoms. The van der Waals surface area contributed by atoms with Gasteiger partial charge in [0.15, 0.2) is 0 Å². The first-order chi connectivity index (χ1) is 6.59. The molecule has 0 unspecified atom stereocenters. The number of nitrogens with one attached hydrogen (secondary N) is 1. The van der Waals surface area contributed by atoms with Crippen LogP contribution < -0.4 is 5.32 Å². The molecule has 0 aliphatic heterocycles. The van der Waals surface area contributed by atoms with Crippen LogP contribution in [-0.4, -0.2) is 22.6 Å². The van der Waals surface area contributed by atoms with Gasteiger partial charge in [-0.05, 0) is 19.1 Å². The molecule has 1 aromatic rings. The van der Waals surface area contributed by atoms with E-state index in [1.54, 1.807) is 0 Å². The Balaban J connectivity index is 2.73. The third-order valence-corrected chi connectivity index (χ3v) is 1.58. The minimum Gasteiger partial charge on any atom is -0.478 e. The van der Waals surface area contributed by atoms with Gasteiger partial charge in [-0.1, -0.05) is 12.2 Å². The Kier molecular flexibility index (Phi) is 3.23. The van der Waals surface area contributed by atoms with Gasteiger partial charge in [0, 0.05) is 12.7 Å². The van der Waals surface area contributed by atoms with E-state index in [4.69, 9.17) is 5.11 Å². The zero-order valence-corrected chi connectivity index (χ0v) is 7.95. The Hall–Kier alpha value is -1.84. The third-order valence-electron chi connectivity index (χ3n) is 1.58. The van der Waals surface area contributed by atoms with E-state index in [0.717, 1.165) is 5.57 Å². The SMILES string of the molecule is C=C(C)CNc1cc(C(=O)O)ccn1. The van der Waals surface area contributed by atoms with Crippen molar-refractivity contribution in [3.05, 3.63) is 36.0 Å². The zero-order valence-electron chi connectivity index (χ0n) is 7.95. The van der Waals surface area contributed by atoms with Crippen molar-refractivity contribution in [3.63, 3.8) is 0 Å². The standard InChI is InChI=1S/C10H12N2O2/c1-7(2)6-12-9-5-8(10(13)14)3-4-11-9/h3-5H,1,6H2,2H3,(H,11,12)(H,13,14). The summed E-state index contributed by atoms with van der Waals surface area (Å²) in [5, 5.41) is 11.7. The maximum Gasteiger partial charge on any atom is 0.335 e. The molecule has 0 bridgehead atoms. The molecule has 0 aliphatic rings. The van der Waals surface area contributed by atoms with Gasteiger partial charge < -0.3 is 10.4 Å². The van der Waals surface area contributed by atoms with Crippen molar-refractivity contribution in [2.75, 3.05) is 11.9 Å². The van der Waals surface area contributed by atoms with Gasteiger partial charge >= 0.3 is 5.97 Å². The highest BCUT2D eigenvalue weighted by Crippen LogP contribution is 2.06. The van der Waals surface area contributed by atoms with Crippen LogP contribution in [0.1, 0.15) is 17.3 Å². The summed E-state index contributed by atoms with van der Waals surface area (Å²) in [5.41, 5.74) is 1.19. The maximum absolute atomic E-state index is 10.6. The average molecular weight is 192 g/mol. The van der Waals surface area contributed by atoms with Gasteiger partial charge in [0.25, 0.3) is 0 Å². The molecule has 0 fully saturated rings. The van der Waals surface area contributed by atoms with E-state index in [-0.39, 0.29) is 5.56 Å². The van der Waals surface area contributed by atoms with Crippen LogP contribution in [0.5, 0.6) is 0 Å². The van der Waals surface area contributed by atoms with Gasteiger partial charge in [-0.3, -0.25) is 0 Å². The molecule has 14 heavy (non-hydrogen) atoms. The Labute approximate surface area is 82.3 Å². The van der Waals surface area contributed by atoms with Crippen molar-refractivity contribution >= 4 is 11.8 Å². The summed E-state index contributed by atoms with van der Waals surface area (Å²) in [4.78, 5) is 14.6. The normalized spacial score (nSPS) is 9.50. The molecular weight excluding hydrogens is 180 g/mol. The number of anilines is 1. The first-order valence-corrected chi connectivity index (χ1v) is 4.17. The molecule has 0 amide bonds. The first-order valence-electron chi connectivity index (χ1n) is 4.17. The van der Waals surface area contributed by atoms with Crippen molar-refractivity contribution < 1.29 is 9.90 Å². The Morgan fingerprint density at radius 3 is 3.00 bits per heavy atom. The first kappa shape index (κ1) is 10.2. The van der Waals surface area contributed by atoms with Crippen molar-refractivity contribution in [1.82, 2.24) is 4.98 Å². The average Bonchev–Trinajstić information content (AvgIpc) is 2.15. The number of carbonyl (C=O) groups is 1. The van der Waals surface area contributed by atoms with Crippen molar-refractivity contribution in [2.45, 2.75) is 6.92 Å². The van der Waals surface area contributed by atoms with Crippen molar-refractivity contribution in [2.24, 2.45) is 0 Å². The van der Waals surface area contributed by atoms with Crippen LogP contribution in [0.2, 0.25) is 0 Å². The predicted octanol–water partition coefficient (Wildman–Crippen LogP) is 1.77. The number of aromatic carboxylic acids is 1. The summed E-state index contributed by atoms with van der Waals surface area (Å²) < 4.78 is 0. The van der Waals surface area contributed by atoms with Gasteiger partial charge in [-0.15, -0.1) is 0 Å². The van der Waals surface area contributed by atoms with Crippen LogP contribution in [0, 0.1) is 0 Å². The fourth-order valence-electron chi connectivity index (χ4n) is 0.902. The molecule has 4 heteroatoms. The fraction of sp³-hybridized carbons (Fsp3) is 0.200. The van der Waals surface area contributed by atoms with E-state index in [0.29, 0.717) is 12.4 Å². The highest BCUT2D eigenvalue weighted by atomic mass is 16.4. The summed E-state index contributed by atoms with van der Waals surface area (Å²) in [7, 11) is 0. The van der Waals surface area contributed by atoms with E-state index in [2.05, 4.69) is 16.9 Å². The molecule has 1 aromatic heterocycles. The predicted molar refractivity (Wildman–Crippen MR) is 54.5 cm³/mol.